The fourth-order valence-electron chi connectivity index (χ4n) is 2.55. The fraction of sp³-hybridized carbons (Fsp3) is 0.471. The molecule has 0 bridgehead atoms. The highest BCUT2D eigenvalue weighted by molar-refractivity contribution is 7.93. The Labute approximate surface area is 143 Å². The second kappa shape index (κ2) is 8.30. The molecule has 7 heteroatoms. The average molecular weight is 352 g/mol. The maximum absolute atomic E-state index is 12.1. The zero-order chi connectivity index (χ0) is 17.6. The van der Waals surface area contributed by atoms with Crippen molar-refractivity contribution in [2.75, 3.05) is 20.2 Å². The molecule has 1 heterocycles. The van der Waals surface area contributed by atoms with E-state index in [1.54, 1.807) is 7.11 Å². The highest BCUT2D eigenvalue weighted by Gasteiger charge is 2.24. The van der Waals surface area contributed by atoms with Gasteiger partial charge in [0.15, 0.2) is 0 Å². The number of hydrogen-bond acceptors (Lipinski definition) is 4. The number of sulfonamides is 1. The number of hydrogen-bond donors (Lipinski definition) is 1. The first kappa shape index (κ1) is 18.5. The Balaban J connectivity index is 1.92. The number of aryl methyl sites for hydroxylation is 1. The van der Waals surface area contributed by atoms with Gasteiger partial charge in [-0.3, -0.25) is 0 Å². The Morgan fingerprint density at radius 1 is 1.29 bits per heavy atom. The van der Waals surface area contributed by atoms with Gasteiger partial charge in [0, 0.05) is 20.2 Å². The number of carbonyl (C=O) groups is 1. The summed E-state index contributed by atoms with van der Waals surface area (Å²) in [5.41, 5.74) is 1.95. The topological polar surface area (TPSA) is 75.7 Å². The molecular weight excluding hydrogens is 328 g/mol. The molecule has 0 saturated carbocycles. The largest absolute Gasteiger partial charge is 0.381 e. The molecule has 0 unspecified atom stereocenters. The molecule has 0 spiro atoms. The summed E-state index contributed by atoms with van der Waals surface area (Å²) in [5.74, 6) is 0. The molecular formula is C17H24N2O4S. The third-order valence-corrected chi connectivity index (χ3v) is 5.07. The van der Waals surface area contributed by atoms with Crippen molar-refractivity contribution < 1.29 is 17.9 Å². The molecule has 0 radical (unpaired) electrons. The number of urea groups is 1. The van der Waals surface area contributed by atoms with Gasteiger partial charge in [0.05, 0.1) is 11.5 Å². The van der Waals surface area contributed by atoms with Crippen LogP contribution in [0.5, 0.6) is 0 Å². The van der Waals surface area contributed by atoms with Crippen LogP contribution >= 0.6 is 0 Å². The van der Waals surface area contributed by atoms with Crippen molar-refractivity contribution in [2.24, 2.45) is 0 Å². The SMILES string of the molecule is CCc1ccc(/C=C/S(=O)(=O)NC(=O)N2CCC(OC)CC2)cc1. The fourth-order valence-corrected chi connectivity index (χ4v) is 3.32. The standard InChI is InChI=1S/C17H24N2O4S/c1-3-14-4-6-15(7-5-14)10-13-24(21,22)18-17(20)19-11-8-16(23-2)9-12-19/h4-7,10,13,16H,3,8-9,11-12H2,1-2H3,(H,18,20)/b13-10+. The summed E-state index contributed by atoms with van der Waals surface area (Å²) in [6.07, 6.45) is 3.97. The number of amides is 2. The van der Waals surface area contributed by atoms with Gasteiger partial charge in [-0.15, -0.1) is 0 Å². The Bertz CT molecular complexity index is 675. The van der Waals surface area contributed by atoms with Crippen LogP contribution < -0.4 is 4.72 Å². The zero-order valence-electron chi connectivity index (χ0n) is 14.1. The van der Waals surface area contributed by atoms with Gasteiger partial charge in [0.25, 0.3) is 10.0 Å². The van der Waals surface area contributed by atoms with Crippen LogP contribution in [0.1, 0.15) is 30.9 Å². The molecule has 24 heavy (non-hydrogen) atoms. The van der Waals surface area contributed by atoms with Crippen molar-refractivity contribution in [3.8, 4) is 0 Å². The second-order valence-electron chi connectivity index (χ2n) is 5.77. The van der Waals surface area contributed by atoms with Crippen LogP contribution in [0, 0.1) is 0 Å². The van der Waals surface area contributed by atoms with Gasteiger partial charge in [0.1, 0.15) is 0 Å². The van der Waals surface area contributed by atoms with Crippen molar-refractivity contribution in [3.63, 3.8) is 0 Å². The van der Waals surface area contributed by atoms with Crippen LogP contribution in [0.3, 0.4) is 0 Å². The lowest BCUT2D eigenvalue weighted by molar-refractivity contribution is 0.0511. The molecule has 2 amide bonds. The number of ether oxygens (including phenoxy) is 1. The van der Waals surface area contributed by atoms with Gasteiger partial charge in [-0.05, 0) is 36.5 Å². The van der Waals surface area contributed by atoms with Crippen molar-refractivity contribution in [2.45, 2.75) is 32.3 Å². The number of methoxy groups -OCH3 is 1. The molecule has 1 aromatic carbocycles. The first-order valence-corrected chi connectivity index (χ1v) is 9.59. The van der Waals surface area contributed by atoms with Crippen molar-refractivity contribution >= 4 is 22.1 Å². The molecule has 1 N–H and O–H groups in total. The van der Waals surface area contributed by atoms with Gasteiger partial charge in [-0.1, -0.05) is 31.2 Å². The van der Waals surface area contributed by atoms with Crippen molar-refractivity contribution in [3.05, 3.63) is 40.8 Å². The Kier molecular flexibility index (Phi) is 6.39. The highest BCUT2D eigenvalue weighted by Crippen LogP contribution is 2.13. The van der Waals surface area contributed by atoms with Gasteiger partial charge in [0.2, 0.25) is 0 Å². The van der Waals surface area contributed by atoms with Crippen LogP contribution in [0.2, 0.25) is 0 Å². The van der Waals surface area contributed by atoms with Crippen molar-refractivity contribution in [1.82, 2.24) is 9.62 Å². The Hall–Kier alpha value is -1.86. The molecule has 1 aliphatic rings. The molecule has 0 aromatic heterocycles. The number of likely N-dealkylation sites (tertiary alicyclic amines) is 1. The third kappa shape index (κ3) is 5.35. The van der Waals surface area contributed by atoms with Gasteiger partial charge >= 0.3 is 6.03 Å². The monoisotopic (exact) mass is 352 g/mol. The van der Waals surface area contributed by atoms with E-state index in [4.69, 9.17) is 4.74 Å². The molecule has 6 nitrogen and oxygen atoms in total. The minimum absolute atomic E-state index is 0.136. The quantitative estimate of drug-likeness (QED) is 0.883. The lowest BCUT2D eigenvalue weighted by atomic mass is 10.1. The Morgan fingerprint density at radius 3 is 2.46 bits per heavy atom. The smallest absolute Gasteiger partial charge is 0.331 e. The summed E-state index contributed by atoms with van der Waals surface area (Å²) in [6.45, 7) is 3.03. The number of benzene rings is 1. The maximum Gasteiger partial charge on any atom is 0.331 e. The molecule has 1 aromatic rings. The first-order chi connectivity index (χ1) is 11.4. The summed E-state index contributed by atoms with van der Waals surface area (Å²) >= 11 is 0. The molecule has 0 atom stereocenters. The van der Waals surface area contributed by atoms with Gasteiger partial charge in [-0.25, -0.2) is 17.9 Å². The number of rotatable bonds is 5. The number of carbonyl (C=O) groups excluding carboxylic acids is 1. The third-order valence-electron chi connectivity index (χ3n) is 4.12. The first-order valence-electron chi connectivity index (χ1n) is 8.05. The summed E-state index contributed by atoms with van der Waals surface area (Å²) in [4.78, 5) is 13.6. The second-order valence-corrected chi connectivity index (χ2v) is 7.34. The summed E-state index contributed by atoms with van der Waals surface area (Å²) < 4.78 is 31.4. The number of nitrogens with one attached hydrogen (secondary N) is 1. The van der Waals surface area contributed by atoms with E-state index in [2.05, 4.69) is 11.6 Å². The molecule has 1 fully saturated rings. The summed E-state index contributed by atoms with van der Waals surface area (Å²) in [5, 5.41) is 1.02. The molecule has 1 saturated heterocycles. The van der Waals surface area contributed by atoms with E-state index in [1.165, 1.54) is 16.5 Å². The van der Waals surface area contributed by atoms with Gasteiger partial charge in [-0.2, -0.15) is 0 Å². The van der Waals surface area contributed by atoms with Crippen LogP contribution in [0.25, 0.3) is 6.08 Å². The molecule has 1 aliphatic heterocycles. The molecule has 132 valence electrons. The maximum atomic E-state index is 12.1. The van der Waals surface area contributed by atoms with E-state index in [0.29, 0.717) is 25.9 Å². The van der Waals surface area contributed by atoms with Crippen LogP contribution in [-0.2, 0) is 21.2 Å². The van der Waals surface area contributed by atoms with E-state index in [-0.39, 0.29) is 6.10 Å². The normalized spacial score (nSPS) is 16.5. The van der Waals surface area contributed by atoms with Crippen molar-refractivity contribution in [1.29, 1.82) is 0 Å². The zero-order valence-corrected chi connectivity index (χ0v) is 14.9. The predicted molar refractivity (Wildman–Crippen MR) is 93.9 cm³/mol. The highest BCUT2D eigenvalue weighted by atomic mass is 32.2. The van der Waals surface area contributed by atoms with E-state index in [9.17, 15) is 13.2 Å². The number of piperidine rings is 1. The lowest BCUT2D eigenvalue weighted by Gasteiger charge is -2.30. The lowest BCUT2D eigenvalue weighted by Crippen LogP contribution is -2.47. The molecule has 0 aliphatic carbocycles. The summed E-state index contributed by atoms with van der Waals surface area (Å²) in [6, 6.07) is 7.01. The van der Waals surface area contributed by atoms with E-state index in [0.717, 1.165) is 17.4 Å². The van der Waals surface area contributed by atoms with Crippen LogP contribution in [0.4, 0.5) is 4.79 Å². The average Bonchev–Trinajstić information content (AvgIpc) is 2.60. The van der Waals surface area contributed by atoms with Gasteiger partial charge < -0.3 is 9.64 Å². The Morgan fingerprint density at radius 2 is 1.92 bits per heavy atom. The predicted octanol–water partition coefficient (Wildman–Crippen LogP) is 2.37. The van der Waals surface area contributed by atoms with E-state index in [1.807, 2.05) is 24.3 Å². The number of nitrogens with zero attached hydrogens (tertiary/aromatic N) is 1. The van der Waals surface area contributed by atoms with Crippen LogP contribution in [0.15, 0.2) is 29.7 Å². The van der Waals surface area contributed by atoms with E-state index >= 15 is 0 Å². The van der Waals surface area contributed by atoms with E-state index < -0.39 is 16.1 Å². The minimum atomic E-state index is -3.82. The minimum Gasteiger partial charge on any atom is -0.381 e. The molecule has 2 rings (SSSR count). The summed E-state index contributed by atoms with van der Waals surface area (Å²) in [7, 11) is -2.17. The van der Waals surface area contributed by atoms with Crippen LogP contribution in [-0.4, -0.2) is 45.7 Å².